The third-order valence-corrected chi connectivity index (χ3v) is 2.65. The molecule has 2 rings (SSSR count). The lowest BCUT2D eigenvalue weighted by molar-refractivity contribution is 0.0913. The molecule has 5 nitrogen and oxygen atoms in total. The third kappa shape index (κ3) is 1.45. The van der Waals surface area contributed by atoms with Crippen molar-refractivity contribution in [2.45, 2.75) is 32.2 Å². The van der Waals surface area contributed by atoms with Gasteiger partial charge in [0.05, 0.1) is 11.4 Å². The van der Waals surface area contributed by atoms with Gasteiger partial charge in [0.15, 0.2) is 5.69 Å². The lowest BCUT2D eigenvalue weighted by atomic mass is 9.93. The molecule has 1 aromatic rings. The Morgan fingerprint density at radius 1 is 1.64 bits per heavy atom. The van der Waals surface area contributed by atoms with Crippen molar-refractivity contribution < 1.29 is 4.79 Å². The van der Waals surface area contributed by atoms with Crippen molar-refractivity contribution in [3.8, 4) is 0 Å². The first-order valence-electron chi connectivity index (χ1n) is 4.80. The highest BCUT2D eigenvalue weighted by atomic mass is 16.2. The van der Waals surface area contributed by atoms with Crippen LogP contribution in [0.3, 0.4) is 0 Å². The van der Waals surface area contributed by atoms with E-state index < -0.39 is 0 Å². The number of carbonyl (C=O) groups is 1. The van der Waals surface area contributed by atoms with Gasteiger partial charge in [-0.1, -0.05) is 0 Å². The molecule has 4 N–H and O–H groups in total. The zero-order valence-electron chi connectivity index (χ0n) is 8.13. The number of aromatic nitrogens is 2. The number of anilines is 1. The minimum absolute atomic E-state index is 0.170. The predicted octanol–water partition coefficient (Wildman–Crippen LogP) is 0.583. The van der Waals surface area contributed by atoms with E-state index >= 15 is 0 Å². The molecule has 0 atom stereocenters. The van der Waals surface area contributed by atoms with Gasteiger partial charge in [0.25, 0.3) is 5.91 Å². The maximum absolute atomic E-state index is 11.6. The maximum atomic E-state index is 11.6. The molecule has 14 heavy (non-hydrogen) atoms. The van der Waals surface area contributed by atoms with Gasteiger partial charge in [-0.25, -0.2) is 0 Å². The summed E-state index contributed by atoms with van der Waals surface area (Å²) in [5, 5.41) is 9.44. The van der Waals surface area contributed by atoms with Crippen molar-refractivity contribution in [1.29, 1.82) is 0 Å². The van der Waals surface area contributed by atoms with Crippen LogP contribution in [0.4, 0.5) is 5.69 Å². The van der Waals surface area contributed by atoms with Crippen LogP contribution in [0, 0.1) is 6.92 Å². The lowest BCUT2D eigenvalue weighted by Crippen LogP contribution is -2.39. The van der Waals surface area contributed by atoms with E-state index in [-0.39, 0.29) is 5.91 Å². The molecule has 1 aliphatic carbocycles. The van der Waals surface area contributed by atoms with Crippen molar-refractivity contribution in [2.24, 2.45) is 0 Å². The van der Waals surface area contributed by atoms with E-state index in [0.717, 1.165) is 18.5 Å². The van der Waals surface area contributed by atoms with Crippen LogP contribution in [0.2, 0.25) is 0 Å². The summed E-state index contributed by atoms with van der Waals surface area (Å²) in [6.07, 6.45) is 3.32. The second-order valence-corrected chi connectivity index (χ2v) is 3.71. The van der Waals surface area contributed by atoms with Crippen molar-refractivity contribution in [3.63, 3.8) is 0 Å². The molecule has 0 unspecified atom stereocenters. The number of nitrogens with zero attached hydrogens (tertiary/aromatic N) is 1. The Morgan fingerprint density at radius 3 is 2.79 bits per heavy atom. The number of nitrogens with one attached hydrogen (secondary N) is 2. The molecule has 0 radical (unpaired) electrons. The van der Waals surface area contributed by atoms with E-state index in [9.17, 15) is 4.79 Å². The monoisotopic (exact) mass is 194 g/mol. The van der Waals surface area contributed by atoms with E-state index in [2.05, 4.69) is 15.5 Å². The van der Waals surface area contributed by atoms with E-state index in [1.165, 1.54) is 6.42 Å². The summed E-state index contributed by atoms with van der Waals surface area (Å²) in [5.41, 5.74) is 7.18. The van der Waals surface area contributed by atoms with Gasteiger partial charge in [0.2, 0.25) is 0 Å². The molecular formula is C9H14N4O. The lowest BCUT2D eigenvalue weighted by Gasteiger charge is -2.25. The summed E-state index contributed by atoms with van der Waals surface area (Å²) in [5.74, 6) is -0.170. The van der Waals surface area contributed by atoms with Gasteiger partial charge in [0.1, 0.15) is 0 Å². The SMILES string of the molecule is Cc1[nH]nc(C(=O)NC2CCC2)c1N. The van der Waals surface area contributed by atoms with Crippen LogP contribution in [-0.2, 0) is 0 Å². The van der Waals surface area contributed by atoms with Crippen LogP contribution in [0.1, 0.15) is 35.4 Å². The number of nitrogens with two attached hydrogens (primary N) is 1. The molecule has 1 saturated carbocycles. The number of hydrogen-bond donors (Lipinski definition) is 3. The number of rotatable bonds is 2. The summed E-state index contributed by atoms with van der Waals surface area (Å²) < 4.78 is 0. The number of hydrogen-bond acceptors (Lipinski definition) is 3. The highest BCUT2D eigenvalue weighted by molar-refractivity contribution is 5.97. The Kier molecular flexibility index (Phi) is 2.15. The zero-order valence-corrected chi connectivity index (χ0v) is 8.13. The van der Waals surface area contributed by atoms with Crippen LogP contribution in [0.5, 0.6) is 0 Å². The van der Waals surface area contributed by atoms with Gasteiger partial charge >= 0.3 is 0 Å². The number of aromatic amines is 1. The zero-order chi connectivity index (χ0) is 10.1. The number of H-pyrrole nitrogens is 1. The summed E-state index contributed by atoms with van der Waals surface area (Å²) in [4.78, 5) is 11.6. The fourth-order valence-electron chi connectivity index (χ4n) is 1.42. The smallest absolute Gasteiger partial charge is 0.274 e. The van der Waals surface area contributed by atoms with Crippen molar-refractivity contribution in [3.05, 3.63) is 11.4 Å². The van der Waals surface area contributed by atoms with Crippen LogP contribution in [0.15, 0.2) is 0 Å². The third-order valence-electron chi connectivity index (χ3n) is 2.65. The molecule has 0 saturated heterocycles. The molecule has 0 spiro atoms. The van der Waals surface area contributed by atoms with Crippen LogP contribution in [-0.4, -0.2) is 22.1 Å². The molecule has 5 heteroatoms. The summed E-state index contributed by atoms with van der Waals surface area (Å²) in [6, 6.07) is 0.318. The fraction of sp³-hybridized carbons (Fsp3) is 0.556. The van der Waals surface area contributed by atoms with E-state index in [1.54, 1.807) is 6.92 Å². The summed E-state index contributed by atoms with van der Waals surface area (Å²) >= 11 is 0. The van der Waals surface area contributed by atoms with E-state index in [0.29, 0.717) is 17.4 Å². The van der Waals surface area contributed by atoms with Gasteiger partial charge in [-0.3, -0.25) is 9.89 Å². The first-order chi connectivity index (χ1) is 6.68. The maximum Gasteiger partial charge on any atom is 0.274 e. The Hall–Kier alpha value is -1.52. The second-order valence-electron chi connectivity index (χ2n) is 3.71. The van der Waals surface area contributed by atoms with Crippen LogP contribution in [0.25, 0.3) is 0 Å². The molecular weight excluding hydrogens is 180 g/mol. The van der Waals surface area contributed by atoms with E-state index in [4.69, 9.17) is 5.73 Å². The molecule has 76 valence electrons. The normalized spacial score (nSPS) is 16.4. The Bertz CT molecular complexity index is 354. The quantitative estimate of drug-likeness (QED) is 0.644. The first kappa shape index (κ1) is 9.05. The predicted molar refractivity (Wildman–Crippen MR) is 52.8 cm³/mol. The topological polar surface area (TPSA) is 83.8 Å². The molecule has 1 heterocycles. The van der Waals surface area contributed by atoms with Crippen LogP contribution >= 0.6 is 0 Å². The first-order valence-corrected chi connectivity index (χ1v) is 4.80. The number of amides is 1. The molecule has 1 amide bonds. The average molecular weight is 194 g/mol. The molecule has 0 aromatic carbocycles. The van der Waals surface area contributed by atoms with E-state index in [1.807, 2.05) is 0 Å². The largest absolute Gasteiger partial charge is 0.395 e. The molecule has 1 aromatic heterocycles. The van der Waals surface area contributed by atoms with Gasteiger partial charge in [-0.2, -0.15) is 5.10 Å². The molecule has 0 bridgehead atoms. The highest BCUT2D eigenvalue weighted by Gasteiger charge is 2.22. The molecule has 1 aliphatic rings. The Labute approximate surface area is 82.1 Å². The van der Waals surface area contributed by atoms with Gasteiger partial charge in [-0.15, -0.1) is 0 Å². The number of nitrogen functional groups attached to an aromatic ring is 1. The van der Waals surface area contributed by atoms with Gasteiger partial charge in [0, 0.05) is 6.04 Å². The summed E-state index contributed by atoms with van der Waals surface area (Å²) in [6.45, 7) is 1.79. The standard InChI is InChI=1S/C9H14N4O/c1-5-7(10)8(13-12-5)9(14)11-6-3-2-4-6/h6H,2-4,10H2,1H3,(H,11,14)(H,12,13). The summed E-state index contributed by atoms with van der Waals surface area (Å²) in [7, 11) is 0. The average Bonchev–Trinajstić information content (AvgIpc) is 2.41. The van der Waals surface area contributed by atoms with Crippen LogP contribution < -0.4 is 11.1 Å². The second kappa shape index (κ2) is 3.32. The van der Waals surface area contributed by atoms with Crippen molar-refractivity contribution in [1.82, 2.24) is 15.5 Å². The Morgan fingerprint density at radius 2 is 2.36 bits per heavy atom. The number of carbonyl (C=O) groups excluding carboxylic acids is 1. The van der Waals surface area contributed by atoms with Crippen molar-refractivity contribution >= 4 is 11.6 Å². The molecule has 0 aliphatic heterocycles. The highest BCUT2D eigenvalue weighted by Crippen LogP contribution is 2.19. The Balaban J connectivity index is 2.06. The van der Waals surface area contributed by atoms with Crippen molar-refractivity contribution in [2.75, 3.05) is 5.73 Å². The van der Waals surface area contributed by atoms with Gasteiger partial charge in [-0.05, 0) is 26.2 Å². The molecule has 1 fully saturated rings. The minimum Gasteiger partial charge on any atom is -0.395 e. The van der Waals surface area contributed by atoms with Gasteiger partial charge < -0.3 is 11.1 Å². The fourth-order valence-corrected chi connectivity index (χ4v) is 1.42. The minimum atomic E-state index is -0.170. The number of aryl methyl sites for hydroxylation is 1.